The van der Waals surface area contributed by atoms with Crippen LogP contribution in [0.15, 0.2) is 46.2 Å². The molecule has 0 aliphatic carbocycles. The molecule has 0 saturated carbocycles. The fraction of sp³-hybridized carbons (Fsp3) is 0.231. The molecule has 0 N–H and O–H groups in total. The molecular formula is C13H12FN3O3S. The molecule has 2 rings (SSSR count). The maximum absolute atomic E-state index is 13.7. The van der Waals surface area contributed by atoms with E-state index in [1.165, 1.54) is 18.5 Å². The number of sulfonamides is 1. The minimum absolute atomic E-state index is 0.0195. The molecule has 0 aliphatic heterocycles. The van der Waals surface area contributed by atoms with Crippen LogP contribution in [0.1, 0.15) is 12.2 Å². The lowest BCUT2D eigenvalue weighted by atomic mass is 10.4. The van der Waals surface area contributed by atoms with Crippen LogP contribution in [-0.4, -0.2) is 24.3 Å². The Bertz CT molecular complexity index is 738. The number of rotatable bonds is 6. The van der Waals surface area contributed by atoms with Crippen LogP contribution in [-0.2, 0) is 16.6 Å². The number of hydrogen-bond acceptors (Lipinski definition) is 5. The number of nitrogens with zero attached hydrogens (tertiary/aromatic N) is 3. The van der Waals surface area contributed by atoms with Crippen molar-refractivity contribution in [3.05, 3.63) is 48.3 Å². The maximum atomic E-state index is 13.7. The molecule has 0 aromatic carbocycles. The summed E-state index contributed by atoms with van der Waals surface area (Å²) in [6.07, 6.45) is 2.59. The highest BCUT2D eigenvalue weighted by atomic mass is 32.2. The van der Waals surface area contributed by atoms with E-state index in [1.54, 1.807) is 12.1 Å². The number of halogens is 1. The van der Waals surface area contributed by atoms with Crippen molar-refractivity contribution in [1.82, 2.24) is 9.29 Å². The van der Waals surface area contributed by atoms with E-state index in [0.717, 1.165) is 10.4 Å². The maximum Gasteiger partial charge on any atom is 0.263 e. The van der Waals surface area contributed by atoms with Crippen LogP contribution in [0.2, 0.25) is 0 Å². The summed E-state index contributed by atoms with van der Waals surface area (Å²) in [5.74, 6) is -0.535. The molecule has 0 amide bonds. The summed E-state index contributed by atoms with van der Waals surface area (Å²) in [5, 5.41) is 7.99. The standard InChI is InChI=1S/C13H12FN3O3S/c14-12-5-1-7-16-13(12)21(18,19)17(8-3-6-15)10-11-4-2-9-20-11/h1-2,4-5,7,9H,3,8,10H2. The zero-order chi connectivity index (χ0) is 15.3. The van der Waals surface area contributed by atoms with E-state index in [1.807, 2.05) is 6.07 Å². The Balaban J connectivity index is 2.35. The first-order valence-corrected chi connectivity index (χ1v) is 7.49. The van der Waals surface area contributed by atoms with Crippen molar-refractivity contribution in [2.24, 2.45) is 0 Å². The Hall–Kier alpha value is -2.24. The number of pyridine rings is 1. The van der Waals surface area contributed by atoms with Crippen LogP contribution in [0.25, 0.3) is 0 Å². The van der Waals surface area contributed by atoms with Gasteiger partial charge in [0, 0.05) is 19.2 Å². The second-order valence-corrected chi connectivity index (χ2v) is 5.97. The number of aromatic nitrogens is 1. The van der Waals surface area contributed by atoms with E-state index in [0.29, 0.717) is 5.76 Å². The van der Waals surface area contributed by atoms with Gasteiger partial charge in [0.1, 0.15) is 5.76 Å². The first-order valence-electron chi connectivity index (χ1n) is 6.05. The Labute approximate surface area is 121 Å². The molecule has 0 atom stereocenters. The second-order valence-electron chi connectivity index (χ2n) is 4.12. The lowest BCUT2D eigenvalue weighted by Crippen LogP contribution is -2.32. The predicted octanol–water partition coefficient (Wildman–Crippen LogP) is 1.92. The van der Waals surface area contributed by atoms with Gasteiger partial charge in [-0.25, -0.2) is 17.8 Å². The van der Waals surface area contributed by atoms with Gasteiger partial charge in [-0.1, -0.05) is 0 Å². The molecule has 8 heteroatoms. The molecule has 110 valence electrons. The summed E-state index contributed by atoms with van der Waals surface area (Å²) in [6, 6.07) is 7.41. The quantitative estimate of drug-likeness (QED) is 0.813. The molecule has 0 aliphatic rings. The van der Waals surface area contributed by atoms with Crippen LogP contribution in [0, 0.1) is 17.1 Å². The summed E-state index contributed by atoms with van der Waals surface area (Å²) >= 11 is 0. The van der Waals surface area contributed by atoms with Crippen LogP contribution in [0.5, 0.6) is 0 Å². The van der Waals surface area contributed by atoms with E-state index in [9.17, 15) is 12.8 Å². The fourth-order valence-electron chi connectivity index (χ4n) is 1.72. The molecule has 0 fully saturated rings. The van der Waals surface area contributed by atoms with Crippen molar-refractivity contribution >= 4 is 10.0 Å². The van der Waals surface area contributed by atoms with Crippen molar-refractivity contribution in [1.29, 1.82) is 5.26 Å². The van der Waals surface area contributed by atoms with Crippen molar-refractivity contribution < 1.29 is 17.2 Å². The largest absolute Gasteiger partial charge is 0.468 e. The van der Waals surface area contributed by atoms with Gasteiger partial charge in [-0.05, 0) is 24.3 Å². The predicted molar refractivity (Wildman–Crippen MR) is 70.7 cm³/mol. The molecule has 6 nitrogen and oxygen atoms in total. The highest BCUT2D eigenvalue weighted by molar-refractivity contribution is 7.89. The van der Waals surface area contributed by atoms with Gasteiger partial charge in [0.05, 0.1) is 18.9 Å². The third-order valence-corrected chi connectivity index (χ3v) is 4.47. The van der Waals surface area contributed by atoms with Gasteiger partial charge >= 0.3 is 0 Å². The third-order valence-electron chi connectivity index (χ3n) is 2.69. The summed E-state index contributed by atoms with van der Waals surface area (Å²) in [7, 11) is -4.14. The highest BCUT2D eigenvalue weighted by Gasteiger charge is 2.29. The van der Waals surface area contributed by atoms with Crippen molar-refractivity contribution in [3.8, 4) is 6.07 Å². The van der Waals surface area contributed by atoms with Gasteiger partial charge in [0.2, 0.25) is 5.03 Å². The zero-order valence-corrected chi connectivity index (χ0v) is 11.8. The topological polar surface area (TPSA) is 87.2 Å². The summed E-state index contributed by atoms with van der Waals surface area (Å²) < 4.78 is 44.7. The Morgan fingerprint density at radius 2 is 2.19 bits per heavy atom. The van der Waals surface area contributed by atoms with Gasteiger partial charge in [-0.15, -0.1) is 0 Å². The SMILES string of the molecule is N#CCCN(Cc1ccco1)S(=O)(=O)c1ncccc1F. The third kappa shape index (κ3) is 3.45. The molecule has 0 bridgehead atoms. The number of nitriles is 1. The Kier molecular flexibility index (Phi) is 4.67. The zero-order valence-electron chi connectivity index (χ0n) is 10.9. The monoisotopic (exact) mass is 309 g/mol. The summed E-state index contributed by atoms with van der Waals surface area (Å²) in [6.45, 7) is -0.164. The smallest absolute Gasteiger partial charge is 0.263 e. The average Bonchev–Trinajstić information content (AvgIpc) is 2.96. The minimum atomic E-state index is -4.14. The lowest BCUT2D eigenvalue weighted by molar-refractivity contribution is 0.364. The molecular weight excluding hydrogens is 297 g/mol. The van der Waals surface area contributed by atoms with Crippen LogP contribution in [0.4, 0.5) is 4.39 Å². The molecule has 0 unspecified atom stereocenters. The molecule has 0 radical (unpaired) electrons. The molecule has 0 spiro atoms. The van der Waals surface area contributed by atoms with Gasteiger partial charge in [-0.2, -0.15) is 9.57 Å². The fourth-order valence-corrected chi connectivity index (χ4v) is 3.10. The first kappa shape index (κ1) is 15.2. The van der Waals surface area contributed by atoms with Gasteiger partial charge in [0.25, 0.3) is 10.0 Å². The van der Waals surface area contributed by atoms with E-state index in [4.69, 9.17) is 9.68 Å². The Morgan fingerprint density at radius 1 is 1.38 bits per heavy atom. The van der Waals surface area contributed by atoms with Gasteiger partial charge < -0.3 is 4.42 Å². The van der Waals surface area contributed by atoms with Gasteiger partial charge in [-0.3, -0.25) is 0 Å². The van der Waals surface area contributed by atoms with Gasteiger partial charge in [0.15, 0.2) is 5.82 Å². The van der Waals surface area contributed by atoms with Crippen LogP contribution < -0.4 is 0 Å². The van der Waals surface area contributed by atoms with E-state index in [-0.39, 0.29) is 19.5 Å². The van der Waals surface area contributed by atoms with E-state index in [2.05, 4.69) is 4.98 Å². The molecule has 2 aromatic heterocycles. The van der Waals surface area contributed by atoms with E-state index < -0.39 is 20.9 Å². The lowest BCUT2D eigenvalue weighted by Gasteiger charge is -2.19. The highest BCUT2D eigenvalue weighted by Crippen LogP contribution is 2.19. The molecule has 0 saturated heterocycles. The van der Waals surface area contributed by atoms with Crippen molar-refractivity contribution in [3.63, 3.8) is 0 Å². The van der Waals surface area contributed by atoms with Crippen molar-refractivity contribution in [2.45, 2.75) is 18.0 Å². The summed E-state index contributed by atoms with van der Waals surface area (Å²) in [5.41, 5.74) is 0. The minimum Gasteiger partial charge on any atom is -0.468 e. The molecule has 2 aromatic rings. The molecule has 21 heavy (non-hydrogen) atoms. The van der Waals surface area contributed by atoms with Crippen LogP contribution >= 0.6 is 0 Å². The van der Waals surface area contributed by atoms with Crippen molar-refractivity contribution in [2.75, 3.05) is 6.54 Å². The number of furan rings is 1. The van der Waals surface area contributed by atoms with E-state index >= 15 is 0 Å². The molecule has 2 heterocycles. The van der Waals surface area contributed by atoms with Crippen LogP contribution in [0.3, 0.4) is 0 Å². The first-order chi connectivity index (χ1) is 10.1. The second kappa shape index (κ2) is 6.47. The Morgan fingerprint density at radius 3 is 2.81 bits per heavy atom. The normalized spacial score (nSPS) is 11.5. The summed E-state index contributed by atoms with van der Waals surface area (Å²) in [4.78, 5) is 3.59. The number of hydrogen-bond donors (Lipinski definition) is 0. The average molecular weight is 309 g/mol.